The van der Waals surface area contributed by atoms with E-state index < -0.39 is 28.1 Å². The molecule has 40 heavy (non-hydrogen) atoms. The van der Waals surface area contributed by atoms with Gasteiger partial charge in [0.05, 0.1) is 29.3 Å². The second kappa shape index (κ2) is 10.7. The molecule has 0 unspecified atom stereocenters. The number of carbonyl (C=O) groups is 1. The molecule has 2 aromatic rings. The Morgan fingerprint density at radius 2 is 2.02 bits per heavy atom. The molecule has 2 bridgehead atoms. The number of fused-ring (bicyclic) bond motifs is 4. The first kappa shape index (κ1) is 27.6. The van der Waals surface area contributed by atoms with Crippen LogP contribution in [0.25, 0.3) is 0 Å². The first-order valence-corrected chi connectivity index (χ1v) is 16.0. The van der Waals surface area contributed by atoms with Crippen LogP contribution >= 0.6 is 11.6 Å². The van der Waals surface area contributed by atoms with Crippen molar-refractivity contribution in [2.75, 3.05) is 31.1 Å². The quantitative estimate of drug-likeness (QED) is 0.406. The van der Waals surface area contributed by atoms with Crippen molar-refractivity contribution in [3.63, 3.8) is 0 Å². The maximum absolute atomic E-state index is 13.3. The predicted molar refractivity (Wildman–Crippen MR) is 154 cm³/mol. The lowest BCUT2D eigenvalue weighted by atomic mass is 9.68. The minimum atomic E-state index is -4.11. The molecule has 10 heteroatoms. The normalized spacial score (nSPS) is 32.5. The van der Waals surface area contributed by atoms with Crippen molar-refractivity contribution in [2.24, 2.45) is 11.8 Å². The third kappa shape index (κ3) is 5.13. The number of anilines is 1. The molecule has 5 atom stereocenters. The SMILES string of the molecule is C[C@H]1NC/C=C/[C@H](O)[C@@H]2CC[C@H]2CN2C[C@@]3(CCCc4cc(Cl)ccc43)COc3ccc(cc32)S(=O)(=O)NC1=O. The monoisotopic (exact) mass is 585 g/mol. The van der Waals surface area contributed by atoms with Gasteiger partial charge in [-0.2, -0.15) is 0 Å². The summed E-state index contributed by atoms with van der Waals surface area (Å²) in [6.45, 7) is 3.75. The molecular weight excluding hydrogens is 550 g/mol. The maximum atomic E-state index is 13.3. The van der Waals surface area contributed by atoms with Crippen molar-refractivity contribution < 1.29 is 23.1 Å². The van der Waals surface area contributed by atoms with E-state index in [1.807, 2.05) is 12.1 Å². The molecule has 2 aromatic carbocycles. The molecule has 6 rings (SSSR count). The molecule has 1 fully saturated rings. The van der Waals surface area contributed by atoms with Gasteiger partial charge in [-0.3, -0.25) is 4.79 Å². The molecule has 1 saturated carbocycles. The summed E-state index contributed by atoms with van der Waals surface area (Å²) in [4.78, 5) is 15.0. The number of aliphatic hydroxyl groups is 1. The zero-order valence-electron chi connectivity index (χ0n) is 22.6. The van der Waals surface area contributed by atoms with Crippen LogP contribution < -0.4 is 19.7 Å². The van der Waals surface area contributed by atoms with E-state index in [0.717, 1.165) is 37.1 Å². The molecule has 2 heterocycles. The number of hydrogen-bond acceptors (Lipinski definition) is 7. The van der Waals surface area contributed by atoms with Gasteiger partial charge in [0.25, 0.3) is 15.9 Å². The Kier molecular flexibility index (Phi) is 7.36. The van der Waals surface area contributed by atoms with Crippen LogP contribution in [0.4, 0.5) is 5.69 Å². The van der Waals surface area contributed by atoms with Gasteiger partial charge in [-0.1, -0.05) is 29.8 Å². The lowest BCUT2D eigenvalue weighted by Gasteiger charge is -2.45. The Morgan fingerprint density at radius 1 is 1.18 bits per heavy atom. The van der Waals surface area contributed by atoms with Gasteiger partial charge in [-0.15, -0.1) is 0 Å². The number of aliphatic hydroxyl groups excluding tert-OH is 1. The largest absolute Gasteiger partial charge is 0.490 e. The topological polar surface area (TPSA) is 108 Å². The highest BCUT2D eigenvalue weighted by molar-refractivity contribution is 7.90. The van der Waals surface area contributed by atoms with Crippen molar-refractivity contribution in [3.05, 3.63) is 64.7 Å². The molecule has 4 aliphatic rings. The number of aryl methyl sites for hydroxylation is 1. The fourth-order valence-electron chi connectivity index (χ4n) is 6.78. The predicted octanol–water partition coefficient (Wildman–Crippen LogP) is 3.55. The third-order valence-corrected chi connectivity index (χ3v) is 10.8. The van der Waals surface area contributed by atoms with Crippen LogP contribution in [0, 0.1) is 11.8 Å². The van der Waals surface area contributed by atoms with Crippen LogP contribution in [-0.4, -0.2) is 57.8 Å². The first-order valence-electron chi connectivity index (χ1n) is 14.1. The number of halogens is 1. The van der Waals surface area contributed by atoms with Crippen molar-refractivity contribution >= 4 is 33.2 Å². The zero-order valence-corrected chi connectivity index (χ0v) is 24.2. The zero-order chi connectivity index (χ0) is 28.1. The summed E-state index contributed by atoms with van der Waals surface area (Å²) in [6, 6.07) is 10.2. The molecule has 2 aliphatic carbocycles. The highest BCUT2D eigenvalue weighted by atomic mass is 35.5. The molecule has 8 nitrogen and oxygen atoms in total. The summed E-state index contributed by atoms with van der Waals surface area (Å²) in [7, 11) is -4.11. The number of carbonyl (C=O) groups excluding carboxylic acids is 1. The van der Waals surface area contributed by atoms with E-state index >= 15 is 0 Å². The summed E-state index contributed by atoms with van der Waals surface area (Å²) in [5.41, 5.74) is 2.88. The second-order valence-electron chi connectivity index (χ2n) is 11.8. The number of sulfonamides is 1. The van der Waals surface area contributed by atoms with E-state index in [9.17, 15) is 18.3 Å². The van der Waals surface area contributed by atoms with Gasteiger partial charge < -0.3 is 20.1 Å². The standard InChI is InChI=1S/C30H36ClN3O5S/c1-19-29(36)33-40(37,38)23-8-11-28-26(15-23)34(16-21-6-9-24(21)27(35)5-3-13-32-19)17-30(18-39-28)12-2-4-20-14-22(31)7-10-25(20)30/h3,5,7-8,10-11,14-15,19,21,24,27,32,35H,2,4,6,9,12-13,16-18H2,1H3,(H,33,36)/b5-3+/t19-,21+,24-,27+,30+/m1/s1. The highest BCUT2D eigenvalue weighted by Crippen LogP contribution is 2.47. The lowest BCUT2D eigenvalue weighted by Crippen LogP contribution is -2.49. The van der Waals surface area contributed by atoms with E-state index in [1.54, 1.807) is 25.1 Å². The Morgan fingerprint density at radius 3 is 2.83 bits per heavy atom. The average molecular weight is 586 g/mol. The van der Waals surface area contributed by atoms with Gasteiger partial charge in [0.1, 0.15) is 5.75 Å². The van der Waals surface area contributed by atoms with Gasteiger partial charge >= 0.3 is 0 Å². The van der Waals surface area contributed by atoms with E-state index in [4.69, 9.17) is 16.3 Å². The van der Waals surface area contributed by atoms with Gasteiger partial charge in [0.15, 0.2) is 0 Å². The van der Waals surface area contributed by atoms with Gasteiger partial charge in [-0.25, -0.2) is 13.1 Å². The Bertz CT molecular complexity index is 1450. The number of nitrogens with one attached hydrogen (secondary N) is 2. The van der Waals surface area contributed by atoms with Crippen LogP contribution in [0.2, 0.25) is 5.02 Å². The van der Waals surface area contributed by atoms with Crippen molar-refractivity contribution in [1.29, 1.82) is 0 Å². The molecule has 3 N–H and O–H groups in total. The molecule has 214 valence electrons. The van der Waals surface area contributed by atoms with E-state index in [-0.39, 0.29) is 22.1 Å². The van der Waals surface area contributed by atoms with E-state index in [0.29, 0.717) is 37.7 Å². The third-order valence-electron chi connectivity index (χ3n) is 9.19. The van der Waals surface area contributed by atoms with Gasteiger partial charge in [0.2, 0.25) is 0 Å². The van der Waals surface area contributed by atoms with Crippen LogP contribution in [0.5, 0.6) is 5.75 Å². The number of nitrogens with zero attached hydrogens (tertiary/aromatic N) is 1. The van der Waals surface area contributed by atoms with Gasteiger partial charge in [0, 0.05) is 30.1 Å². The van der Waals surface area contributed by atoms with Crippen molar-refractivity contribution in [3.8, 4) is 5.75 Å². The Labute approximate surface area is 240 Å². The van der Waals surface area contributed by atoms with E-state index in [2.05, 4.69) is 27.1 Å². The summed E-state index contributed by atoms with van der Waals surface area (Å²) in [5.74, 6) is 0.337. The first-order chi connectivity index (χ1) is 19.1. The summed E-state index contributed by atoms with van der Waals surface area (Å²) >= 11 is 6.36. The molecule has 0 aromatic heterocycles. The number of amides is 1. The fraction of sp³-hybridized carbons (Fsp3) is 0.500. The molecule has 0 radical (unpaired) electrons. The molecule has 0 saturated heterocycles. The Hall–Kier alpha value is -2.59. The number of ether oxygens (including phenoxy) is 1. The molecule has 2 aliphatic heterocycles. The highest BCUT2D eigenvalue weighted by Gasteiger charge is 2.44. The van der Waals surface area contributed by atoms with Crippen LogP contribution in [-0.2, 0) is 26.7 Å². The summed E-state index contributed by atoms with van der Waals surface area (Å²) in [6.07, 6.45) is 7.85. The van der Waals surface area contributed by atoms with Crippen LogP contribution in [0.3, 0.4) is 0 Å². The minimum absolute atomic E-state index is 0.0179. The van der Waals surface area contributed by atoms with Crippen LogP contribution in [0.15, 0.2) is 53.4 Å². The maximum Gasteiger partial charge on any atom is 0.264 e. The minimum Gasteiger partial charge on any atom is -0.490 e. The summed E-state index contributed by atoms with van der Waals surface area (Å²) < 4.78 is 35.3. The Balaban J connectivity index is 1.43. The fourth-order valence-corrected chi connectivity index (χ4v) is 8.05. The number of rotatable bonds is 0. The number of benzene rings is 2. The molecule has 1 amide bonds. The lowest BCUT2D eigenvalue weighted by molar-refractivity contribution is -0.120. The second-order valence-corrected chi connectivity index (χ2v) is 13.9. The van der Waals surface area contributed by atoms with Crippen LogP contribution in [0.1, 0.15) is 43.7 Å². The molecule has 1 spiro atoms. The van der Waals surface area contributed by atoms with Crippen molar-refractivity contribution in [2.45, 2.75) is 61.5 Å². The van der Waals surface area contributed by atoms with Gasteiger partial charge in [-0.05, 0) is 92.3 Å². The summed E-state index contributed by atoms with van der Waals surface area (Å²) in [5, 5.41) is 14.7. The number of hydrogen-bond donors (Lipinski definition) is 3. The van der Waals surface area contributed by atoms with E-state index in [1.165, 1.54) is 17.2 Å². The average Bonchev–Trinajstić information content (AvgIpc) is 3.05. The smallest absolute Gasteiger partial charge is 0.264 e. The van der Waals surface area contributed by atoms with Crippen molar-refractivity contribution in [1.82, 2.24) is 10.0 Å². The molecular formula is C30H36ClN3O5S.